The molecule has 0 fully saturated rings. The fraction of sp³-hybridized carbons (Fsp3) is 0.167. The lowest BCUT2D eigenvalue weighted by Crippen LogP contribution is -2.15. The molecule has 1 heterocycles. The molecule has 2 aromatic rings. The minimum absolute atomic E-state index is 0.108. The third kappa shape index (κ3) is 2.79. The van der Waals surface area contributed by atoms with Crippen molar-refractivity contribution in [3.8, 4) is 0 Å². The minimum Gasteiger partial charge on any atom is -0.478 e. The van der Waals surface area contributed by atoms with Crippen molar-refractivity contribution in [1.29, 1.82) is 0 Å². The summed E-state index contributed by atoms with van der Waals surface area (Å²) >= 11 is 0. The monoisotopic (exact) mass is 278 g/mol. The average molecular weight is 278 g/mol. The topological polar surface area (TPSA) is 108 Å². The molecular formula is C12H11FN4O3. The van der Waals surface area contributed by atoms with Crippen molar-refractivity contribution in [3.05, 3.63) is 41.2 Å². The number of carboxylic acids is 1. The lowest BCUT2D eigenvalue weighted by molar-refractivity contribution is 0.0696. The molecule has 0 saturated carbocycles. The summed E-state index contributed by atoms with van der Waals surface area (Å²) in [6.45, 7) is 1.84. The van der Waals surface area contributed by atoms with Gasteiger partial charge in [0.15, 0.2) is 0 Å². The maximum atomic E-state index is 13.6. The fourth-order valence-corrected chi connectivity index (χ4v) is 1.48. The van der Waals surface area contributed by atoms with Crippen LogP contribution >= 0.6 is 0 Å². The summed E-state index contributed by atoms with van der Waals surface area (Å²) in [6, 6.07) is 3.19. The summed E-state index contributed by atoms with van der Waals surface area (Å²) in [5.41, 5.74) is -0.338. The standard InChI is InChI=1S/C12H11FN4O3/c1-2-9-15-10(17-16-9)11(18)14-8-4-3-6(12(19)20)5-7(8)13/h3-5H,2H2,1H3,(H,14,18)(H,19,20)(H,15,16,17). The van der Waals surface area contributed by atoms with Crippen molar-refractivity contribution in [2.75, 3.05) is 5.32 Å². The van der Waals surface area contributed by atoms with E-state index < -0.39 is 17.7 Å². The van der Waals surface area contributed by atoms with E-state index >= 15 is 0 Å². The molecule has 0 unspecified atom stereocenters. The Morgan fingerprint density at radius 1 is 1.45 bits per heavy atom. The fourth-order valence-electron chi connectivity index (χ4n) is 1.48. The molecule has 2 rings (SSSR count). The summed E-state index contributed by atoms with van der Waals surface area (Å²) in [5, 5.41) is 17.3. The van der Waals surface area contributed by atoms with Crippen LogP contribution in [-0.2, 0) is 6.42 Å². The van der Waals surface area contributed by atoms with Crippen LogP contribution in [0.3, 0.4) is 0 Å². The highest BCUT2D eigenvalue weighted by Crippen LogP contribution is 2.16. The molecule has 0 aliphatic heterocycles. The maximum Gasteiger partial charge on any atom is 0.335 e. The molecular weight excluding hydrogens is 267 g/mol. The van der Waals surface area contributed by atoms with E-state index in [-0.39, 0.29) is 17.1 Å². The number of aromatic carboxylic acids is 1. The molecule has 0 radical (unpaired) electrons. The molecule has 0 aliphatic rings. The number of benzene rings is 1. The summed E-state index contributed by atoms with van der Waals surface area (Å²) in [7, 11) is 0. The SMILES string of the molecule is CCc1nc(C(=O)Nc2ccc(C(=O)O)cc2F)n[nH]1. The maximum absolute atomic E-state index is 13.6. The van der Waals surface area contributed by atoms with Crippen molar-refractivity contribution in [2.45, 2.75) is 13.3 Å². The van der Waals surface area contributed by atoms with Crippen LogP contribution in [0.15, 0.2) is 18.2 Å². The Labute approximate surface area is 112 Å². The molecule has 1 aromatic heterocycles. The highest BCUT2D eigenvalue weighted by Gasteiger charge is 2.15. The molecule has 8 heteroatoms. The van der Waals surface area contributed by atoms with E-state index in [1.165, 1.54) is 12.1 Å². The molecule has 7 nitrogen and oxygen atoms in total. The smallest absolute Gasteiger partial charge is 0.335 e. The van der Waals surface area contributed by atoms with E-state index in [9.17, 15) is 14.0 Å². The first kappa shape index (κ1) is 13.7. The summed E-state index contributed by atoms with van der Waals surface area (Å²) < 4.78 is 13.6. The van der Waals surface area contributed by atoms with Crippen molar-refractivity contribution in [1.82, 2.24) is 15.2 Å². The van der Waals surface area contributed by atoms with Crippen molar-refractivity contribution >= 4 is 17.6 Å². The Kier molecular flexibility index (Phi) is 3.74. The number of carbonyl (C=O) groups excluding carboxylic acids is 1. The summed E-state index contributed by atoms with van der Waals surface area (Å²) in [5.74, 6) is -2.34. The second-order valence-corrected chi connectivity index (χ2v) is 3.91. The van der Waals surface area contributed by atoms with Crippen LogP contribution in [0.5, 0.6) is 0 Å². The zero-order chi connectivity index (χ0) is 14.7. The van der Waals surface area contributed by atoms with Gasteiger partial charge < -0.3 is 10.4 Å². The molecule has 0 bridgehead atoms. The Morgan fingerprint density at radius 2 is 2.20 bits per heavy atom. The average Bonchev–Trinajstić information content (AvgIpc) is 2.89. The van der Waals surface area contributed by atoms with Gasteiger partial charge in [0.25, 0.3) is 5.91 Å². The highest BCUT2D eigenvalue weighted by molar-refractivity contribution is 6.01. The second kappa shape index (κ2) is 5.47. The lowest BCUT2D eigenvalue weighted by atomic mass is 10.2. The number of aromatic amines is 1. The Hall–Kier alpha value is -2.77. The van der Waals surface area contributed by atoms with Gasteiger partial charge in [0.2, 0.25) is 5.82 Å². The van der Waals surface area contributed by atoms with Gasteiger partial charge in [-0.2, -0.15) is 0 Å². The highest BCUT2D eigenvalue weighted by atomic mass is 19.1. The van der Waals surface area contributed by atoms with E-state index in [1.54, 1.807) is 0 Å². The first-order chi connectivity index (χ1) is 9.51. The molecule has 0 saturated heterocycles. The number of aromatic nitrogens is 3. The molecule has 1 aromatic carbocycles. The number of nitrogens with one attached hydrogen (secondary N) is 2. The largest absolute Gasteiger partial charge is 0.478 e. The van der Waals surface area contributed by atoms with Crippen molar-refractivity contribution in [2.24, 2.45) is 0 Å². The zero-order valence-electron chi connectivity index (χ0n) is 10.5. The van der Waals surface area contributed by atoms with Gasteiger partial charge in [-0.05, 0) is 18.2 Å². The number of carbonyl (C=O) groups is 2. The van der Waals surface area contributed by atoms with Crippen molar-refractivity contribution in [3.63, 3.8) is 0 Å². The number of H-pyrrole nitrogens is 1. The van der Waals surface area contributed by atoms with Crippen molar-refractivity contribution < 1.29 is 19.1 Å². The Morgan fingerprint density at radius 3 is 2.75 bits per heavy atom. The number of anilines is 1. The molecule has 1 amide bonds. The van der Waals surface area contributed by atoms with E-state index in [0.29, 0.717) is 12.2 Å². The number of nitrogens with zero attached hydrogens (tertiary/aromatic N) is 2. The number of aryl methyl sites for hydroxylation is 1. The number of hydrogen-bond donors (Lipinski definition) is 3. The van der Waals surface area contributed by atoms with Gasteiger partial charge in [-0.1, -0.05) is 6.92 Å². The quantitative estimate of drug-likeness (QED) is 0.784. The minimum atomic E-state index is -1.25. The summed E-state index contributed by atoms with van der Waals surface area (Å²) in [4.78, 5) is 26.3. The van der Waals surface area contributed by atoms with Gasteiger partial charge in [-0.3, -0.25) is 9.89 Å². The van der Waals surface area contributed by atoms with Crippen LogP contribution in [-0.4, -0.2) is 32.2 Å². The van der Waals surface area contributed by atoms with Gasteiger partial charge in [0, 0.05) is 6.42 Å². The molecule has 0 aliphatic carbocycles. The van der Waals surface area contributed by atoms with Crippen LogP contribution in [0.2, 0.25) is 0 Å². The first-order valence-corrected chi connectivity index (χ1v) is 5.76. The van der Waals surface area contributed by atoms with Crippen LogP contribution in [0.1, 0.15) is 33.7 Å². The van der Waals surface area contributed by atoms with Gasteiger partial charge in [0.05, 0.1) is 11.3 Å². The van der Waals surface area contributed by atoms with Gasteiger partial charge in [0.1, 0.15) is 11.6 Å². The normalized spacial score (nSPS) is 10.3. The van der Waals surface area contributed by atoms with Gasteiger partial charge in [-0.15, -0.1) is 5.10 Å². The predicted molar refractivity (Wildman–Crippen MR) is 67.1 cm³/mol. The van der Waals surface area contributed by atoms with Crippen LogP contribution in [0.4, 0.5) is 10.1 Å². The van der Waals surface area contributed by atoms with Crippen LogP contribution in [0, 0.1) is 5.82 Å². The van der Waals surface area contributed by atoms with Gasteiger partial charge >= 0.3 is 5.97 Å². The van der Waals surface area contributed by atoms with E-state index in [0.717, 1.165) is 6.07 Å². The summed E-state index contributed by atoms with van der Waals surface area (Å²) in [6.07, 6.45) is 0.585. The van der Waals surface area contributed by atoms with Gasteiger partial charge in [-0.25, -0.2) is 14.2 Å². The number of carboxylic acid groups (broad SMARTS) is 1. The second-order valence-electron chi connectivity index (χ2n) is 3.91. The Bertz CT molecular complexity index is 668. The third-order valence-corrected chi connectivity index (χ3v) is 2.53. The molecule has 20 heavy (non-hydrogen) atoms. The van der Waals surface area contributed by atoms with E-state index in [1.807, 2.05) is 6.92 Å². The number of hydrogen-bond acceptors (Lipinski definition) is 4. The Balaban J connectivity index is 2.17. The molecule has 0 spiro atoms. The third-order valence-electron chi connectivity index (χ3n) is 2.53. The van der Waals surface area contributed by atoms with Crippen LogP contribution in [0.25, 0.3) is 0 Å². The number of halogens is 1. The van der Waals surface area contributed by atoms with Crippen LogP contribution < -0.4 is 5.32 Å². The molecule has 3 N–H and O–H groups in total. The lowest BCUT2D eigenvalue weighted by Gasteiger charge is -2.04. The number of amides is 1. The zero-order valence-corrected chi connectivity index (χ0v) is 10.5. The molecule has 104 valence electrons. The predicted octanol–water partition coefficient (Wildman–Crippen LogP) is 1.46. The van der Waals surface area contributed by atoms with E-state index in [4.69, 9.17) is 5.11 Å². The number of rotatable bonds is 4. The van der Waals surface area contributed by atoms with E-state index in [2.05, 4.69) is 20.5 Å². The first-order valence-electron chi connectivity index (χ1n) is 5.76. The molecule has 0 atom stereocenters.